The van der Waals surface area contributed by atoms with Crippen molar-refractivity contribution in [2.24, 2.45) is 5.92 Å². The van der Waals surface area contributed by atoms with Crippen LogP contribution in [0.25, 0.3) is 21.6 Å². The fraction of sp³-hybridized carbons (Fsp3) is 0.261. The van der Waals surface area contributed by atoms with E-state index in [1.165, 1.54) is 23.3 Å². The van der Waals surface area contributed by atoms with Crippen LogP contribution in [-0.4, -0.2) is 23.0 Å². The lowest BCUT2D eigenvalue weighted by molar-refractivity contribution is 0.0735. The van der Waals surface area contributed by atoms with Crippen molar-refractivity contribution in [2.45, 2.75) is 26.2 Å². The smallest absolute Gasteiger partial charge is 0.353 e. The quantitative estimate of drug-likeness (QED) is 0.346. The van der Waals surface area contributed by atoms with E-state index < -0.39 is 5.97 Å². The number of nitrogens with zero attached hydrogens (tertiary/aromatic N) is 1. The number of aryl methyl sites for hydroxylation is 1. The van der Waals surface area contributed by atoms with Gasteiger partial charge >= 0.3 is 5.97 Å². The number of ether oxygens (including phenoxy) is 2. The second-order valence-electron chi connectivity index (χ2n) is 7.68. The fourth-order valence-electron chi connectivity index (χ4n) is 3.93. The zero-order chi connectivity index (χ0) is 21.5. The molecule has 3 heterocycles. The molecule has 1 aliphatic rings. The maximum absolute atomic E-state index is 12.9. The average Bonchev–Trinajstić information content (AvgIpc) is 3.41. The summed E-state index contributed by atoms with van der Waals surface area (Å²) >= 11 is 2.93. The summed E-state index contributed by atoms with van der Waals surface area (Å²) in [5.74, 6) is 1.37. The zero-order valence-corrected chi connectivity index (χ0v) is 18.7. The van der Waals surface area contributed by atoms with Crippen molar-refractivity contribution in [2.75, 3.05) is 7.11 Å². The number of aromatic amines is 1. The Bertz CT molecular complexity index is 1340. The van der Waals surface area contributed by atoms with Crippen LogP contribution in [0.15, 0.2) is 40.5 Å². The molecule has 158 valence electrons. The summed E-state index contributed by atoms with van der Waals surface area (Å²) in [7, 11) is 1.51. The third kappa shape index (κ3) is 3.66. The number of carbonyl (C=O) groups excluding carboxylic acids is 1. The van der Waals surface area contributed by atoms with E-state index in [4.69, 9.17) is 14.5 Å². The Morgan fingerprint density at radius 3 is 2.90 bits per heavy atom. The highest BCUT2D eigenvalue weighted by atomic mass is 32.1. The molecular formula is C23H20N2O4S2. The van der Waals surface area contributed by atoms with Crippen molar-refractivity contribution >= 4 is 38.9 Å². The van der Waals surface area contributed by atoms with Gasteiger partial charge in [0.25, 0.3) is 5.56 Å². The highest BCUT2D eigenvalue weighted by Crippen LogP contribution is 2.37. The molecule has 0 unspecified atom stereocenters. The molecule has 3 aromatic heterocycles. The standard InChI is InChI=1S/C23H20N2O4S2/c1-12-5-7-14-18(10-12)31-22-19(14)21(26)24-20(25-22)13-6-8-15(16(11-13)28-2)29-23(27)17-4-3-9-30-17/h3-4,6,8-9,11-12H,5,7,10H2,1-2H3,(H,24,25,26)/t12-/m1/s1. The zero-order valence-electron chi connectivity index (χ0n) is 17.1. The highest BCUT2D eigenvalue weighted by Gasteiger charge is 2.23. The van der Waals surface area contributed by atoms with Crippen molar-refractivity contribution in [1.29, 1.82) is 0 Å². The van der Waals surface area contributed by atoms with Gasteiger partial charge in [-0.15, -0.1) is 22.7 Å². The number of thiophene rings is 2. The normalized spacial score (nSPS) is 15.6. The second kappa shape index (κ2) is 7.94. The number of nitrogens with one attached hydrogen (secondary N) is 1. The number of benzene rings is 1. The number of H-pyrrole nitrogens is 1. The van der Waals surface area contributed by atoms with Crippen LogP contribution in [0.4, 0.5) is 0 Å². The van der Waals surface area contributed by atoms with Gasteiger partial charge in [0.15, 0.2) is 11.5 Å². The predicted octanol–water partition coefficient (Wildman–Crippen LogP) is 5.07. The van der Waals surface area contributed by atoms with Gasteiger partial charge < -0.3 is 14.5 Å². The van der Waals surface area contributed by atoms with E-state index in [1.54, 1.807) is 41.7 Å². The summed E-state index contributed by atoms with van der Waals surface area (Å²) in [6.45, 7) is 2.25. The molecule has 1 aliphatic carbocycles. The van der Waals surface area contributed by atoms with Crippen molar-refractivity contribution in [1.82, 2.24) is 9.97 Å². The molecule has 0 saturated carbocycles. The van der Waals surface area contributed by atoms with Gasteiger partial charge in [0.1, 0.15) is 15.5 Å². The topological polar surface area (TPSA) is 81.3 Å². The first-order valence-electron chi connectivity index (χ1n) is 10.0. The Morgan fingerprint density at radius 2 is 2.13 bits per heavy atom. The molecule has 4 aromatic rings. The molecule has 0 radical (unpaired) electrons. The van der Waals surface area contributed by atoms with E-state index >= 15 is 0 Å². The molecule has 31 heavy (non-hydrogen) atoms. The lowest BCUT2D eigenvalue weighted by Crippen LogP contribution is -2.13. The number of esters is 1. The first-order valence-corrected chi connectivity index (χ1v) is 11.7. The molecular weight excluding hydrogens is 432 g/mol. The molecule has 1 aromatic carbocycles. The Kier molecular flexibility index (Phi) is 5.11. The lowest BCUT2D eigenvalue weighted by Gasteiger charge is -2.17. The molecule has 0 aliphatic heterocycles. The van der Waals surface area contributed by atoms with Crippen molar-refractivity contribution in [3.63, 3.8) is 0 Å². The number of hydrogen-bond acceptors (Lipinski definition) is 7. The van der Waals surface area contributed by atoms with Crippen LogP contribution < -0.4 is 15.0 Å². The second-order valence-corrected chi connectivity index (χ2v) is 9.71. The van der Waals surface area contributed by atoms with Crippen LogP contribution in [0, 0.1) is 5.92 Å². The van der Waals surface area contributed by atoms with E-state index in [1.807, 2.05) is 5.38 Å². The van der Waals surface area contributed by atoms with Gasteiger partial charge in [0, 0.05) is 10.4 Å². The Balaban J connectivity index is 1.51. The van der Waals surface area contributed by atoms with Gasteiger partial charge in [-0.2, -0.15) is 0 Å². The SMILES string of the molecule is COc1cc(-c2nc3sc4c(c3c(=O)[nH]2)CC[C@@H](C)C4)ccc1OC(=O)c1cccs1. The Morgan fingerprint density at radius 1 is 1.26 bits per heavy atom. The fourth-order valence-corrected chi connectivity index (χ4v) is 5.91. The molecule has 1 atom stereocenters. The van der Waals surface area contributed by atoms with E-state index in [9.17, 15) is 9.59 Å². The summed E-state index contributed by atoms with van der Waals surface area (Å²) < 4.78 is 10.9. The highest BCUT2D eigenvalue weighted by molar-refractivity contribution is 7.18. The Hall–Kier alpha value is -2.97. The molecule has 0 bridgehead atoms. The molecule has 0 saturated heterocycles. The number of hydrogen-bond donors (Lipinski definition) is 1. The predicted molar refractivity (Wildman–Crippen MR) is 123 cm³/mol. The molecule has 6 nitrogen and oxygen atoms in total. The number of carbonyl (C=O) groups is 1. The van der Waals surface area contributed by atoms with Crippen LogP contribution in [0.1, 0.15) is 33.5 Å². The van der Waals surface area contributed by atoms with Crippen molar-refractivity contribution in [3.05, 3.63) is 61.4 Å². The van der Waals surface area contributed by atoms with Gasteiger partial charge in [-0.1, -0.05) is 13.0 Å². The molecule has 8 heteroatoms. The van der Waals surface area contributed by atoms with E-state index in [0.717, 1.165) is 35.0 Å². The summed E-state index contributed by atoms with van der Waals surface area (Å²) in [5.41, 5.74) is 1.73. The molecule has 0 spiro atoms. The maximum atomic E-state index is 12.9. The largest absolute Gasteiger partial charge is 0.493 e. The summed E-state index contributed by atoms with van der Waals surface area (Å²) in [4.78, 5) is 35.4. The van der Waals surface area contributed by atoms with Crippen LogP contribution in [0.5, 0.6) is 11.5 Å². The van der Waals surface area contributed by atoms with Crippen LogP contribution in [0.3, 0.4) is 0 Å². The number of rotatable bonds is 4. The van der Waals surface area contributed by atoms with Crippen molar-refractivity contribution in [3.8, 4) is 22.9 Å². The van der Waals surface area contributed by atoms with E-state index in [0.29, 0.717) is 33.7 Å². The maximum Gasteiger partial charge on any atom is 0.353 e. The van der Waals surface area contributed by atoms with Gasteiger partial charge in [0.2, 0.25) is 0 Å². The summed E-state index contributed by atoms with van der Waals surface area (Å²) in [6.07, 6.45) is 3.03. The van der Waals surface area contributed by atoms with Crippen LogP contribution in [0.2, 0.25) is 0 Å². The summed E-state index contributed by atoms with van der Waals surface area (Å²) in [6, 6.07) is 8.64. The molecule has 0 fully saturated rings. The molecule has 5 rings (SSSR count). The van der Waals surface area contributed by atoms with Gasteiger partial charge in [-0.25, -0.2) is 9.78 Å². The number of aromatic nitrogens is 2. The average molecular weight is 453 g/mol. The Labute approximate surface area is 186 Å². The van der Waals surface area contributed by atoms with Gasteiger partial charge in [-0.05, 0) is 60.4 Å². The minimum Gasteiger partial charge on any atom is -0.493 e. The first-order chi connectivity index (χ1) is 15.0. The molecule has 1 N–H and O–H groups in total. The lowest BCUT2D eigenvalue weighted by atomic mass is 9.89. The number of methoxy groups -OCH3 is 1. The third-order valence-electron chi connectivity index (χ3n) is 5.53. The molecule has 0 amide bonds. The van der Waals surface area contributed by atoms with E-state index in [-0.39, 0.29) is 5.56 Å². The third-order valence-corrected chi connectivity index (χ3v) is 7.53. The minimum atomic E-state index is -0.438. The van der Waals surface area contributed by atoms with Gasteiger partial charge in [0.05, 0.1) is 12.5 Å². The van der Waals surface area contributed by atoms with Crippen molar-refractivity contribution < 1.29 is 14.3 Å². The van der Waals surface area contributed by atoms with Crippen LogP contribution in [-0.2, 0) is 12.8 Å². The monoisotopic (exact) mass is 452 g/mol. The van der Waals surface area contributed by atoms with Gasteiger partial charge in [-0.3, -0.25) is 4.79 Å². The summed E-state index contributed by atoms with van der Waals surface area (Å²) in [5, 5.41) is 2.54. The minimum absolute atomic E-state index is 0.112. The number of fused-ring (bicyclic) bond motifs is 3. The van der Waals surface area contributed by atoms with E-state index in [2.05, 4.69) is 11.9 Å². The first kappa shape index (κ1) is 20.0. The van der Waals surface area contributed by atoms with Crippen LogP contribution >= 0.6 is 22.7 Å².